The topological polar surface area (TPSA) is 59.2 Å². The third kappa shape index (κ3) is 3.93. The van der Waals surface area contributed by atoms with Gasteiger partial charge >= 0.3 is 6.18 Å². The number of aromatic nitrogens is 1. The Hall–Kier alpha value is -1.79. The Morgan fingerprint density at radius 3 is 2.65 bits per heavy atom. The lowest BCUT2D eigenvalue weighted by molar-refractivity contribution is -0.140. The molecule has 1 rings (SSSR count). The maximum atomic E-state index is 12.2. The first-order valence-electron chi connectivity index (χ1n) is 4.91. The second-order valence-electron chi connectivity index (χ2n) is 3.41. The van der Waals surface area contributed by atoms with Crippen LogP contribution in [0.3, 0.4) is 0 Å². The molecule has 0 saturated carbocycles. The lowest BCUT2D eigenvalue weighted by atomic mass is 10.3. The fraction of sp³-hybridized carbons (Fsp3) is 0.400. The molecule has 4 nitrogen and oxygen atoms in total. The average Bonchev–Trinajstić information content (AvgIpc) is 2.23. The number of nitrogen functional groups attached to an aromatic ring is 1. The summed E-state index contributed by atoms with van der Waals surface area (Å²) in [5.74, 6) is -0.780. The van der Waals surface area contributed by atoms with E-state index in [4.69, 9.17) is 5.73 Å². The van der Waals surface area contributed by atoms with Crippen LogP contribution in [0.5, 0.6) is 0 Å². The van der Waals surface area contributed by atoms with Crippen molar-refractivity contribution >= 4 is 11.6 Å². The van der Waals surface area contributed by atoms with Gasteiger partial charge in [0.25, 0.3) is 5.91 Å². The fourth-order valence-electron chi connectivity index (χ4n) is 1.27. The normalized spacial score (nSPS) is 11.3. The smallest absolute Gasteiger partial charge is 0.399 e. The lowest BCUT2D eigenvalue weighted by Gasteiger charge is -2.21. The largest absolute Gasteiger partial charge is 0.406 e. The van der Waals surface area contributed by atoms with Crippen molar-refractivity contribution in [3.05, 3.63) is 24.0 Å². The minimum absolute atomic E-state index is 0.0468. The standard InChI is InChI=1S/C10H12F3N3O/c1-2-16(6-10(11,12)13)9(17)8-5-7(14)3-4-15-8/h3-5H,2,6H2,1H3,(H2,14,15). The van der Waals surface area contributed by atoms with Crippen LogP contribution >= 0.6 is 0 Å². The van der Waals surface area contributed by atoms with Gasteiger partial charge in [0.05, 0.1) is 0 Å². The third-order valence-electron chi connectivity index (χ3n) is 2.04. The third-order valence-corrected chi connectivity index (χ3v) is 2.04. The van der Waals surface area contributed by atoms with Gasteiger partial charge in [0.2, 0.25) is 0 Å². The van der Waals surface area contributed by atoms with Crippen molar-refractivity contribution in [1.82, 2.24) is 9.88 Å². The molecule has 0 fully saturated rings. The van der Waals surface area contributed by atoms with Crippen LogP contribution in [0.2, 0.25) is 0 Å². The minimum atomic E-state index is -4.42. The number of rotatable bonds is 3. The van der Waals surface area contributed by atoms with Crippen molar-refractivity contribution in [3.8, 4) is 0 Å². The number of hydrogen-bond donors (Lipinski definition) is 1. The van der Waals surface area contributed by atoms with Gasteiger partial charge in [0.15, 0.2) is 0 Å². The van der Waals surface area contributed by atoms with Crippen LogP contribution in [-0.4, -0.2) is 35.1 Å². The van der Waals surface area contributed by atoms with Crippen LogP contribution in [0.1, 0.15) is 17.4 Å². The molecule has 17 heavy (non-hydrogen) atoms. The van der Waals surface area contributed by atoms with Crippen molar-refractivity contribution in [1.29, 1.82) is 0 Å². The molecular formula is C10H12F3N3O. The zero-order chi connectivity index (χ0) is 13.1. The number of nitrogens with zero attached hydrogens (tertiary/aromatic N) is 2. The Bertz CT molecular complexity index is 406. The molecule has 0 saturated heterocycles. The van der Waals surface area contributed by atoms with Crippen molar-refractivity contribution in [2.24, 2.45) is 0 Å². The van der Waals surface area contributed by atoms with Gasteiger partial charge in [-0.05, 0) is 19.1 Å². The summed E-state index contributed by atoms with van der Waals surface area (Å²) in [6.45, 7) is 0.129. The Morgan fingerprint density at radius 2 is 2.18 bits per heavy atom. The van der Waals surface area contributed by atoms with Crippen molar-refractivity contribution in [2.75, 3.05) is 18.8 Å². The summed E-state index contributed by atoms with van der Waals surface area (Å²) in [5.41, 5.74) is 5.63. The Labute approximate surface area is 96.2 Å². The fourth-order valence-corrected chi connectivity index (χ4v) is 1.27. The predicted molar refractivity (Wildman–Crippen MR) is 56.3 cm³/mol. The number of carbonyl (C=O) groups excluding carboxylic acids is 1. The van der Waals surface area contributed by atoms with E-state index in [1.807, 2.05) is 0 Å². The van der Waals surface area contributed by atoms with Gasteiger partial charge in [-0.25, -0.2) is 0 Å². The number of anilines is 1. The zero-order valence-electron chi connectivity index (χ0n) is 9.16. The van der Waals surface area contributed by atoms with E-state index in [9.17, 15) is 18.0 Å². The zero-order valence-corrected chi connectivity index (χ0v) is 9.16. The van der Waals surface area contributed by atoms with E-state index in [1.165, 1.54) is 25.3 Å². The van der Waals surface area contributed by atoms with E-state index < -0.39 is 18.6 Å². The average molecular weight is 247 g/mol. The molecule has 0 unspecified atom stereocenters. The van der Waals surface area contributed by atoms with E-state index >= 15 is 0 Å². The number of pyridine rings is 1. The van der Waals surface area contributed by atoms with Gasteiger partial charge in [0, 0.05) is 18.4 Å². The number of amides is 1. The lowest BCUT2D eigenvalue weighted by Crippen LogP contribution is -2.39. The van der Waals surface area contributed by atoms with Crippen LogP contribution in [0.4, 0.5) is 18.9 Å². The maximum Gasteiger partial charge on any atom is 0.406 e. The van der Waals surface area contributed by atoms with E-state index in [1.54, 1.807) is 0 Å². The molecule has 7 heteroatoms. The molecule has 1 amide bonds. The second-order valence-corrected chi connectivity index (χ2v) is 3.41. The van der Waals surface area contributed by atoms with Crippen LogP contribution in [0, 0.1) is 0 Å². The molecule has 1 aromatic heterocycles. The molecular weight excluding hydrogens is 235 g/mol. The highest BCUT2D eigenvalue weighted by Gasteiger charge is 2.32. The summed E-state index contributed by atoms with van der Waals surface area (Å²) in [7, 11) is 0. The Kier molecular flexibility index (Phi) is 3.93. The molecule has 1 aromatic rings. The number of halogens is 3. The first kappa shape index (κ1) is 13.3. The van der Waals surface area contributed by atoms with Crippen LogP contribution in [0.15, 0.2) is 18.3 Å². The maximum absolute atomic E-state index is 12.2. The molecule has 0 atom stereocenters. The first-order valence-corrected chi connectivity index (χ1v) is 4.91. The summed E-state index contributed by atoms with van der Waals surface area (Å²) < 4.78 is 36.6. The van der Waals surface area contributed by atoms with E-state index in [-0.39, 0.29) is 17.9 Å². The molecule has 94 valence electrons. The van der Waals surface area contributed by atoms with Crippen LogP contribution in [-0.2, 0) is 0 Å². The Balaban J connectivity index is 2.87. The number of alkyl halides is 3. The van der Waals surface area contributed by atoms with Gasteiger partial charge in [-0.15, -0.1) is 0 Å². The van der Waals surface area contributed by atoms with Crippen LogP contribution < -0.4 is 5.73 Å². The van der Waals surface area contributed by atoms with E-state index in [2.05, 4.69) is 4.98 Å². The molecule has 0 spiro atoms. The van der Waals surface area contributed by atoms with Gasteiger partial charge in [-0.3, -0.25) is 9.78 Å². The van der Waals surface area contributed by atoms with Crippen molar-refractivity contribution in [2.45, 2.75) is 13.1 Å². The van der Waals surface area contributed by atoms with Crippen molar-refractivity contribution < 1.29 is 18.0 Å². The highest BCUT2D eigenvalue weighted by molar-refractivity contribution is 5.93. The van der Waals surface area contributed by atoms with E-state index in [0.717, 1.165) is 0 Å². The molecule has 2 N–H and O–H groups in total. The SMILES string of the molecule is CCN(CC(F)(F)F)C(=O)c1cc(N)ccn1. The summed E-state index contributed by atoms with van der Waals surface area (Å²) in [5, 5.41) is 0. The second kappa shape index (κ2) is 5.03. The van der Waals surface area contributed by atoms with Gasteiger partial charge in [-0.1, -0.05) is 0 Å². The quantitative estimate of drug-likeness (QED) is 0.884. The predicted octanol–water partition coefficient (Wildman–Crippen LogP) is 1.69. The monoisotopic (exact) mass is 247 g/mol. The van der Waals surface area contributed by atoms with Crippen molar-refractivity contribution in [3.63, 3.8) is 0 Å². The molecule has 1 heterocycles. The minimum Gasteiger partial charge on any atom is -0.399 e. The van der Waals surface area contributed by atoms with E-state index in [0.29, 0.717) is 4.90 Å². The number of nitrogens with two attached hydrogens (primary N) is 1. The van der Waals surface area contributed by atoms with Gasteiger partial charge in [-0.2, -0.15) is 13.2 Å². The number of hydrogen-bond acceptors (Lipinski definition) is 3. The number of carbonyl (C=O) groups is 1. The summed E-state index contributed by atoms with van der Waals surface area (Å²) in [4.78, 5) is 16.1. The molecule has 0 aliphatic heterocycles. The molecule has 0 aliphatic carbocycles. The first-order chi connectivity index (χ1) is 7.83. The molecule has 0 aliphatic rings. The molecule has 0 aromatic carbocycles. The summed E-state index contributed by atoms with van der Waals surface area (Å²) >= 11 is 0. The highest BCUT2D eigenvalue weighted by Crippen LogP contribution is 2.17. The van der Waals surface area contributed by atoms with Gasteiger partial charge in [0.1, 0.15) is 12.2 Å². The summed E-state index contributed by atoms with van der Waals surface area (Å²) in [6.07, 6.45) is -3.14. The molecule has 0 bridgehead atoms. The summed E-state index contributed by atoms with van der Waals surface area (Å²) in [6, 6.07) is 2.71. The Morgan fingerprint density at radius 1 is 1.53 bits per heavy atom. The van der Waals surface area contributed by atoms with Crippen LogP contribution in [0.25, 0.3) is 0 Å². The molecule has 0 radical (unpaired) electrons. The van der Waals surface area contributed by atoms with Gasteiger partial charge < -0.3 is 10.6 Å². The highest BCUT2D eigenvalue weighted by atomic mass is 19.4.